The minimum atomic E-state index is -3.65. The van der Waals surface area contributed by atoms with Crippen molar-refractivity contribution in [3.63, 3.8) is 0 Å². The van der Waals surface area contributed by atoms with E-state index in [2.05, 4.69) is 10.3 Å². The maximum absolute atomic E-state index is 13.1. The monoisotopic (exact) mass is 496 g/mol. The van der Waals surface area contributed by atoms with E-state index >= 15 is 0 Å². The minimum Gasteiger partial charge on any atom is -0.497 e. The first kappa shape index (κ1) is 24.5. The lowest BCUT2D eigenvalue weighted by molar-refractivity contribution is 0.0951. The Hall–Kier alpha value is -3.63. The van der Waals surface area contributed by atoms with Crippen molar-refractivity contribution in [2.75, 3.05) is 45.3 Å². The summed E-state index contributed by atoms with van der Waals surface area (Å²) in [5, 5.41) is 2.93. The molecular formula is C25H28N4O5S. The number of rotatable bonds is 8. The van der Waals surface area contributed by atoms with E-state index < -0.39 is 10.0 Å². The Morgan fingerprint density at radius 3 is 2.34 bits per heavy atom. The van der Waals surface area contributed by atoms with Crippen molar-refractivity contribution in [1.29, 1.82) is 0 Å². The van der Waals surface area contributed by atoms with E-state index in [4.69, 9.17) is 9.47 Å². The number of benzene rings is 2. The van der Waals surface area contributed by atoms with Gasteiger partial charge in [0.05, 0.1) is 24.7 Å². The fraction of sp³-hybridized carbons (Fsp3) is 0.280. The smallest absolute Gasteiger partial charge is 0.255 e. The standard InChI is InChI=1S/C25H28N4O5S/c1-33-20-10-8-19(9-11-20)18-27-25(30)23-7-4-12-26-24(23)28-13-15-29(16-14-28)35(31,32)22-6-3-5-21(17-22)34-2/h3-12,17H,13-16,18H2,1-2H3,(H,27,30). The Kier molecular flexibility index (Phi) is 7.52. The van der Waals surface area contributed by atoms with Crippen molar-refractivity contribution < 1.29 is 22.7 Å². The van der Waals surface area contributed by atoms with Gasteiger partial charge in [-0.25, -0.2) is 13.4 Å². The van der Waals surface area contributed by atoms with E-state index in [1.807, 2.05) is 29.2 Å². The summed E-state index contributed by atoms with van der Waals surface area (Å²) in [7, 11) is -0.545. The van der Waals surface area contributed by atoms with Gasteiger partial charge in [0.15, 0.2) is 0 Å². The van der Waals surface area contributed by atoms with Crippen LogP contribution in [0.4, 0.5) is 5.82 Å². The summed E-state index contributed by atoms with van der Waals surface area (Å²) in [6, 6.07) is 17.4. The summed E-state index contributed by atoms with van der Waals surface area (Å²) in [6.45, 7) is 1.76. The van der Waals surface area contributed by atoms with Gasteiger partial charge in [-0.2, -0.15) is 4.31 Å². The first-order valence-electron chi connectivity index (χ1n) is 11.2. The zero-order valence-electron chi connectivity index (χ0n) is 19.7. The summed E-state index contributed by atoms with van der Waals surface area (Å²) >= 11 is 0. The second-order valence-corrected chi connectivity index (χ2v) is 9.91. The number of pyridine rings is 1. The van der Waals surface area contributed by atoms with E-state index in [-0.39, 0.29) is 23.9 Å². The number of hydrogen-bond acceptors (Lipinski definition) is 7. The lowest BCUT2D eigenvalue weighted by Gasteiger charge is -2.35. The normalized spacial score (nSPS) is 14.4. The number of anilines is 1. The third-order valence-corrected chi connectivity index (χ3v) is 7.76. The average molecular weight is 497 g/mol. The fourth-order valence-corrected chi connectivity index (χ4v) is 5.36. The molecule has 0 spiro atoms. The number of carbonyl (C=O) groups excluding carboxylic acids is 1. The van der Waals surface area contributed by atoms with Crippen molar-refractivity contribution in [2.24, 2.45) is 0 Å². The molecule has 1 aromatic heterocycles. The maximum Gasteiger partial charge on any atom is 0.255 e. The Morgan fingerprint density at radius 2 is 1.66 bits per heavy atom. The van der Waals surface area contributed by atoms with E-state index in [1.165, 1.54) is 17.5 Å². The summed E-state index contributed by atoms with van der Waals surface area (Å²) < 4.78 is 38.0. The molecule has 1 amide bonds. The van der Waals surface area contributed by atoms with Crippen LogP contribution in [0.15, 0.2) is 71.8 Å². The van der Waals surface area contributed by atoms with Crippen LogP contribution >= 0.6 is 0 Å². The molecule has 0 aliphatic carbocycles. The van der Waals surface area contributed by atoms with Gasteiger partial charge < -0.3 is 19.7 Å². The molecule has 2 heterocycles. The molecule has 1 saturated heterocycles. The van der Waals surface area contributed by atoms with Crippen molar-refractivity contribution in [3.8, 4) is 11.5 Å². The predicted molar refractivity (Wildman–Crippen MR) is 132 cm³/mol. The Morgan fingerprint density at radius 1 is 0.943 bits per heavy atom. The highest BCUT2D eigenvalue weighted by Crippen LogP contribution is 2.24. The highest BCUT2D eigenvalue weighted by Gasteiger charge is 2.30. The lowest BCUT2D eigenvalue weighted by Crippen LogP contribution is -2.49. The number of hydrogen-bond donors (Lipinski definition) is 1. The second kappa shape index (κ2) is 10.7. The summed E-state index contributed by atoms with van der Waals surface area (Å²) in [5.41, 5.74) is 1.39. The molecule has 1 fully saturated rings. The van der Waals surface area contributed by atoms with Gasteiger partial charge in [-0.05, 0) is 42.0 Å². The molecular weight excluding hydrogens is 468 g/mol. The Labute approximate surface area is 205 Å². The van der Waals surface area contributed by atoms with Gasteiger partial charge >= 0.3 is 0 Å². The van der Waals surface area contributed by atoms with Gasteiger partial charge in [0.1, 0.15) is 17.3 Å². The third-order valence-electron chi connectivity index (χ3n) is 5.86. The summed E-state index contributed by atoms with van der Waals surface area (Å²) in [5.74, 6) is 1.54. The number of piperazine rings is 1. The molecule has 1 aliphatic heterocycles. The minimum absolute atomic E-state index is 0.196. The number of nitrogens with zero attached hydrogens (tertiary/aromatic N) is 3. The Bertz CT molecular complexity index is 1270. The van der Waals surface area contributed by atoms with Crippen LogP contribution in [0.25, 0.3) is 0 Å². The van der Waals surface area contributed by atoms with Crippen LogP contribution in [0, 0.1) is 0 Å². The molecule has 0 saturated carbocycles. The summed E-state index contributed by atoms with van der Waals surface area (Å²) in [6.07, 6.45) is 1.63. The van der Waals surface area contributed by atoms with Crippen LogP contribution in [0.2, 0.25) is 0 Å². The number of aromatic nitrogens is 1. The molecule has 10 heteroatoms. The van der Waals surface area contributed by atoms with Crippen LogP contribution in [0.3, 0.4) is 0 Å². The van der Waals surface area contributed by atoms with E-state index in [0.29, 0.717) is 36.8 Å². The SMILES string of the molecule is COc1ccc(CNC(=O)c2cccnc2N2CCN(S(=O)(=O)c3cccc(OC)c3)CC2)cc1. The predicted octanol–water partition coefficient (Wildman–Crippen LogP) is 2.54. The van der Waals surface area contributed by atoms with Crippen LogP contribution < -0.4 is 19.7 Å². The van der Waals surface area contributed by atoms with Crippen LogP contribution in [-0.4, -0.2) is 64.0 Å². The highest BCUT2D eigenvalue weighted by molar-refractivity contribution is 7.89. The molecule has 0 atom stereocenters. The maximum atomic E-state index is 13.1. The van der Waals surface area contributed by atoms with Gasteiger partial charge in [-0.3, -0.25) is 4.79 Å². The molecule has 184 valence electrons. The molecule has 1 aliphatic rings. The van der Waals surface area contributed by atoms with Gasteiger partial charge in [-0.15, -0.1) is 0 Å². The van der Waals surface area contributed by atoms with E-state index in [0.717, 1.165) is 11.3 Å². The van der Waals surface area contributed by atoms with Crippen LogP contribution in [0.1, 0.15) is 15.9 Å². The van der Waals surface area contributed by atoms with Crippen molar-refractivity contribution in [3.05, 3.63) is 78.0 Å². The number of nitrogens with one attached hydrogen (secondary N) is 1. The first-order chi connectivity index (χ1) is 16.9. The zero-order valence-corrected chi connectivity index (χ0v) is 20.5. The van der Waals surface area contributed by atoms with Gasteiger partial charge in [0, 0.05) is 45.0 Å². The molecule has 1 N–H and O–H groups in total. The largest absolute Gasteiger partial charge is 0.497 e. The van der Waals surface area contributed by atoms with Gasteiger partial charge in [0.2, 0.25) is 10.0 Å². The van der Waals surface area contributed by atoms with E-state index in [9.17, 15) is 13.2 Å². The molecule has 0 bridgehead atoms. The molecule has 4 rings (SSSR count). The number of sulfonamides is 1. The quantitative estimate of drug-likeness (QED) is 0.511. The Balaban J connectivity index is 1.42. The van der Waals surface area contributed by atoms with E-state index in [1.54, 1.807) is 43.6 Å². The lowest BCUT2D eigenvalue weighted by atomic mass is 10.2. The van der Waals surface area contributed by atoms with Crippen molar-refractivity contribution in [1.82, 2.24) is 14.6 Å². The third kappa shape index (κ3) is 5.55. The van der Waals surface area contributed by atoms with Gasteiger partial charge in [0.25, 0.3) is 5.91 Å². The molecule has 0 unspecified atom stereocenters. The topological polar surface area (TPSA) is 101 Å². The average Bonchev–Trinajstić information content (AvgIpc) is 2.92. The highest BCUT2D eigenvalue weighted by atomic mass is 32.2. The number of ether oxygens (including phenoxy) is 2. The van der Waals surface area contributed by atoms with Crippen molar-refractivity contribution >= 4 is 21.7 Å². The van der Waals surface area contributed by atoms with Crippen LogP contribution in [0.5, 0.6) is 11.5 Å². The fourth-order valence-electron chi connectivity index (χ4n) is 3.90. The molecule has 2 aromatic carbocycles. The molecule has 9 nitrogen and oxygen atoms in total. The second-order valence-electron chi connectivity index (χ2n) is 7.98. The van der Waals surface area contributed by atoms with Gasteiger partial charge in [-0.1, -0.05) is 18.2 Å². The summed E-state index contributed by atoms with van der Waals surface area (Å²) in [4.78, 5) is 19.5. The van der Waals surface area contributed by atoms with Crippen molar-refractivity contribution in [2.45, 2.75) is 11.4 Å². The molecule has 0 radical (unpaired) electrons. The number of amides is 1. The number of carbonyl (C=O) groups is 1. The first-order valence-corrected chi connectivity index (χ1v) is 12.6. The van der Waals surface area contributed by atoms with Crippen LogP contribution in [-0.2, 0) is 16.6 Å². The zero-order chi connectivity index (χ0) is 24.8. The number of methoxy groups -OCH3 is 2. The molecule has 35 heavy (non-hydrogen) atoms. The molecule has 3 aromatic rings.